The van der Waals surface area contributed by atoms with E-state index in [9.17, 15) is 30.6 Å². The van der Waals surface area contributed by atoms with Gasteiger partial charge in [-0.1, -0.05) is 41.5 Å². The van der Waals surface area contributed by atoms with Crippen molar-refractivity contribution in [2.24, 2.45) is 5.73 Å². The lowest BCUT2D eigenvalue weighted by atomic mass is 9.80. The van der Waals surface area contributed by atoms with Gasteiger partial charge in [-0.2, -0.15) is 0 Å². The molecule has 0 bridgehead atoms. The molecule has 0 aliphatic heterocycles. The molecule has 8 N–H and O–H groups in total. The van der Waals surface area contributed by atoms with E-state index in [2.05, 4.69) is 14.7 Å². The van der Waals surface area contributed by atoms with Gasteiger partial charge in [0, 0.05) is 31.7 Å². The van der Waals surface area contributed by atoms with Gasteiger partial charge >= 0.3 is 0 Å². The number of nitrogens with zero attached hydrogens (tertiary/aromatic N) is 3. The molecular formula is C33H72N4O6. The normalized spacial score (nSPS) is 18.1. The zero-order valence-corrected chi connectivity index (χ0v) is 28.7. The Bertz CT molecular complexity index is 579. The molecule has 0 saturated carbocycles. The first-order valence-electron chi connectivity index (χ1n) is 17.4. The van der Waals surface area contributed by atoms with E-state index in [-0.39, 0.29) is 0 Å². The Morgan fingerprint density at radius 1 is 0.488 bits per heavy atom. The molecule has 0 aromatic carbocycles. The molecule has 0 heterocycles. The van der Waals surface area contributed by atoms with Gasteiger partial charge in [-0.15, -0.1) is 0 Å². The first kappa shape index (κ1) is 42.6. The van der Waals surface area contributed by atoms with Crippen molar-refractivity contribution in [3.63, 3.8) is 0 Å². The van der Waals surface area contributed by atoms with Crippen LogP contribution in [0.5, 0.6) is 0 Å². The lowest BCUT2D eigenvalue weighted by Crippen LogP contribution is -2.55. The third-order valence-electron chi connectivity index (χ3n) is 9.02. The van der Waals surface area contributed by atoms with Gasteiger partial charge < -0.3 is 36.4 Å². The van der Waals surface area contributed by atoms with Crippen molar-refractivity contribution in [2.75, 3.05) is 58.9 Å². The molecule has 0 spiro atoms. The van der Waals surface area contributed by atoms with Gasteiger partial charge in [-0.25, -0.2) is 0 Å². The van der Waals surface area contributed by atoms with Crippen LogP contribution in [0.3, 0.4) is 0 Å². The summed E-state index contributed by atoms with van der Waals surface area (Å²) in [6, 6.07) is 0. The molecule has 0 amide bonds. The van der Waals surface area contributed by atoms with Crippen molar-refractivity contribution in [2.45, 2.75) is 154 Å². The van der Waals surface area contributed by atoms with E-state index >= 15 is 0 Å². The van der Waals surface area contributed by atoms with Crippen LogP contribution in [0.4, 0.5) is 0 Å². The van der Waals surface area contributed by atoms with Crippen LogP contribution in [0.2, 0.25) is 0 Å². The minimum absolute atomic E-state index is 0.443. The maximum Gasteiger partial charge on any atom is 0.0664 e. The highest BCUT2D eigenvalue weighted by Crippen LogP contribution is 2.33. The maximum absolute atomic E-state index is 10.9. The fraction of sp³-hybridized carbons (Fsp3) is 1.00. The Labute approximate surface area is 264 Å². The van der Waals surface area contributed by atoms with Crippen molar-refractivity contribution in [3.05, 3.63) is 0 Å². The summed E-state index contributed by atoms with van der Waals surface area (Å²) in [6.07, 6.45) is 4.38. The number of rotatable bonds is 29. The Balaban J connectivity index is 6.11. The van der Waals surface area contributed by atoms with Crippen molar-refractivity contribution in [1.29, 1.82) is 0 Å². The first-order valence-corrected chi connectivity index (χ1v) is 17.4. The Morgan fingerprint density at radius 3 is 1.05 bits per heavy atom. The van der Waals surface area contributed by atoms with Crippen LogP contribution in [-0.2, 0) is 0 Å². The van der Waals surface area contributed by atoms with Gasteiger partial charge in [0.2, 0.25) is 0 Å². The van der Waals surface area contributed by atoms with Crippen LogP contribution in [-0.4, -0.2) is 146 Å². The average molecular weight is 621 g/mol. The van der Waals surface area contributed by atoms with Crippen LogP contribution < -0.4 is 5.73 Å². The topological polar surface area (TPSA) is 157 Å². The molecule has 10 heteroatoms. The summed E-state index contributed by atoms with van der Waals surface area (Å²) in [6.45, 7) is 17.2. The largest absolute Gasteiger partial charge is 0.393 e. The third-order valence-corrected chi connectivity index (χ3v) is 9.02. The molecule has 43 heavy (non-hydrogen) atoms. The van der Waals surface area contributed by atoms with Crippen LogP contribution >= 0.6 is 0 Å². The second-order valence-corrected chi connectivity index (χ2v) is 12.8. The molecule has 6 unspecified atom stereocenters. The zero-order valence-electron chi connectivity index (χ0n) is 28.7. The Kier molecular flexibility index (Phi) is 24.6. The van der Waals surface area contributed by atoms with Gasteiger partial charge in [0.05, 0.1) is 36.6 Å². The summed E-state index contributed by atoms with van der Waals surface area (Å²) < 4.78 is 0. The van der Waals surface area contributed by atoms with E-state index < -0.39 is 42.2 Å². The lowest BCUT2D eigenvalue weighted by molar-refractivity contribution is -0.0196. The highest BCUT2D eigenvalue weighted by Gasteiger charge is 2.39. The second kappa shape index (κ2) is 24.8. The van der Waals surface area contributed by atoms with E-state index in [0.717, 1.165) is 25.9 Å². The number of aliphatic hydroxyl groups excluding tert-OH is 6. The van der Waals surface area contributed by atoms with Crippen LogP contribution in [0, 0.1) is 0 Å². The Morgan fingerprint density at radius 2 is 0.791 bits per heavy atom. The molecule has 0 saturated heterocycles. The predicted octanol–water partition coefficient (Wildman–Crippen LogP) is 2.17. The third kappa shape index (κ3) is 18.4. The minimum Gasteiger partial charge on any atom is -0.393 e. The van der Waals surface area contributed by atoms with Crippen molar-refractivity contribution >= 4 is 0 Å². The van der Waals surface area contributed by atoms with Crippen LogP contribution in [0.15, 0.2) is 0 Å². The number of hydrogen-bond donors (Lipinski definition) is 7. The van der Waals surface area contributed by atoms with Gasteiger partial charge in [0.1, 0.15) is 0 Å². The molecule has 10 nitrogen and oxygen atoms in total. The van der Waals surface area contributed by atoms with Gasteiger partial charge in [0.25, 0.3) is 0 Å². The van der Waals surface area contributed by atoms with Gasteiger partial charge in [0.15, 0.2) is 0 Å². The summed E-state index contributed by atoms with van der Waals surface area (Å²) in [7, 11) is 0. The zero-order chi connectivity index (χ0) is 32.8. The van der Waals surface area contributed by atoms with Crippen molar-refractivity contribution < 1.29 is 30.6 Å². The molecule has 0 aromatic heterocycles. The lowest BCUT2D eigenvalue weighted by Gasteiger charge is -2.47. The molecule has 0 aromatic rings. The SMILES string of the molecule is CCC(O)CN(CCCN(CCCN(CC(O)CC)CC(O)CC)C(CCN)(CC(O)CC)CC(O)CC)CC(O)CC. The summed E-state index contributed by atoms with van der Waals surface area (Å²) in [5.41, 5.74) is 5.72. The second-order valence-electron chi connectivity index (χ2n) is 12.8. The monoisotopic (exact) mass is 621 g/mol. The molecular weight excluding hydrogens is 548 g/mol. The van der Waals surface area contributed by atoms with Crippen LogP contribution in [0.1, 0.15) is 112 Å². The van der Waals surface area contributed by atoms with E-state index in [0.29, 0.717) is 104 Å². The first-order chi connectivity index (χ1) is 20.4. The predicted molar refractivity (Wildman–Crippen MR) is 177 cm³/mol. The van der Waals surface area contributed by atoms with E-state index in [1.165, 1.54) is 0 Å². The molecule has 0 radical (unpaired) electrons. The number of aliphatic hydroxyl groups is 6. The van der Waals surface area contributed by atoms with E-state index in [1.807, 2.05) is 41.5 Å². The maximum atomic E-state index is 10.9. The van der Waals surface area contributed by atoms with Gasteiger partial charge in [-0.05, 0) is 103 Å². The quantitative estimate of drug-likeness (QED) is 0.0661. The molecule has 0 fully saturated rings. The van der Waals surface area contributed by atoms with Crippen molar-refractivity contribution in [1.82, 2.24) is 14.7 Å². The molecule has 260 valence electrons. The fourth-order valence-electron chi connectivity index (χ4n) is 5.92. The highest BCUT2D eigenvalue weighted by molar-refractivity contribution is 4.95. The minimum atomic E-state index is -0.509. The van der Waals surface area contributed by atoms with E-state index in [4.69, 9.17) is 5.73 Å². The number of nitrogens with two attached hydrogens (primary N) is 1. The van der Waals surface area contributed by atoms with E-state index in [1.54, 1.807) is 0 Å². The average Bonchev–Trinajstić information content (AvgIpc) is 2.99. The summed E-state index contributed by atoms with van der Waals surface area (Å²) in [5, 5.41) is 63.3. The summed E-state index contributed by atoms with van der Waals surface area (Å²) in [4.78, 5) is 6.72. The number of hydrogen-bond acceptors (Lipinski definition) is 10. The van der Waals surface area contributed by atoms with Crippen molar-refractivity contribution in [3.8, 4) is 0 Å². The Hall–Kier alpha value is -0.400. The fourth-order valence-corrected chi connectivity index (χ4v) is 5.92. The molecule has 6 atom stereocenters. The smallest absolute Gasteiger partial charge is 0.0664 e. The van der Waals surface area contributed by atoms with Crippen LogP contribution in [0.25, 0.3) is 0 Å². The molecule has 0 rings (SSSR count). The molecule has 0 aliphatic carbocycles. The summed E-state index contributed by atoms with van der Waals surface area (Å²) >= 11 is 0. The van der Waals surface area contributed by atoms with Gasteiger partial charge in [-0.3, -0.25) is 14.7 Å². The molecule has 0 aliphatic rings. The summed E-state index contributed by atoms with van der Waals surface area (Å²) in [5.74, 6) is 0. The standard InChI is InChI=1S/C33H72N4O6/c1-7-27(38)21-33(15-16-34,22-28(39)8-2)37(19-13-17-35(23-29(40)9-3)24-30(41)10-4)20-14-18-36(25-31(42)11-5)26-32(43)12-6/h27-32,38-43H,7-26,34H2,1-6H3. The highest BCUT2D eigenvalue weighted by atomic mass is 16.3.